The normalized spacial score (nSPS) is 11.6. The number of unbranched alkanes of at least 4 members (excludes halogenated alkanes) is 19. The van der Waals surface area contributed by atoms with E-state index in [0.29, 0.717) is 0 Å². The van der Waals surface area contributed by atoms with Gasteiger partial charge in [-0.3, -0.25) is 0 Å². The van der Waals surface area contributed by atoms with Crippen LogP contribution in [-0.4, -0.2) is 21.6 Å². The summed E-state index contributed by atoms with van der Waals surface area (Å²) in [7, 11) is 0. The van der Waals surface area contributed by atoms with Crippen LogP contribution in [0.15, 0.2) is 10.1 Å². The van der Waals surface area contributed by atoms with Crippen molar-refractivity contribution in [2.45, 2.75) is 153 Å². The van der Waals surface area contributed by atoms with Crippen molar-refractivity contribution < 1.29 is 0 Å². The third-order valence-electron chi connectivity index (χ3n) is 5.58. The molecule has 0 saturated carbocycles. The molecule has 0 amide bonds. The first-order chi connectivity index (χ1) is 13.4. The molecule has 0 fully saturated rings. The van der Waals surface area contributed by atoms with Gasteiger partial charge in [-0.05, 0) is 0 Å². The zero-order valence-corrected chi connectivity index (χ0v) is 21.7. The fourth-order valence-electron chi connectivity index (χ4n) is 3.66. The molecule has 1 heteroatoms. The molecule has 1 radical (unpaired) electrons. The minimum atomic E-state index is 0.0318. The Kier molecular flexibility index (Phi) is 27.1. The molecule has 0 aliphatic rings. The average Bonchev–Trinajstić information content (AvgIpc) is 2.68. The maximum absolute atomic E-state index is 2.58. The molecule has 0 bridgehead atoms. The van der Waals surface area contributed by atoms with Crippen LogP contribution in [0.25, 0.3) is 0 Å². The molecule has 0 nitrogen and oxygen atoms in total. The summed E-state index contributed by atoms with van der Waals surface area (Å²) in [6.07, 6.45) is 33.1. The standard InChI is InChI=1S/C18H37.C8H15.Sb/c1-3-5-7-9-11-13-15-17-18-16-14-12-10-8-6-4-2;1-3-5-7-8-6-4-2;/h1,3-18H2,2H3;1,3H,4-8H2,2H3;. The number of rotatable bonds is 23. The maximum atomic E-state index is 2.58. The third kappa shape index (κ3) is 26.6. The molecule has 0 aromatic rings. The second kappa shape index (κ2) is 26.6. The van der Waals surface area contributed by atoms with Crippen LogP contribution in [0.3, 0.4) is 0 Å². The first-order valence-corrected chi connectivity index (χ1v) is 16.0. The summed E-state index contributed by atoms with van der Waals surface area (Å²) in [5.41, 5.74) is 0. The van der Waals surface area contributed by atoms with Gasteiger partial charge < -0.3 is 0 Å². The Morgan fingerprint density at radius 2 is 0.815 bits per heavy atom. The van der Waals surface area contributed by atoms with E-state index >= 15 is 0 Å². The van der Waals surface area contributed by atoms with Crippen molar-refractivity contribution in [2.75, 3.05) is 0 Å². The summed E-state index contributed by atoms with van der Waals surface area (Å²) in [5.74, 6) is 0. The second-order valence-corrected chi connectivity index (χ2v) is 11.6. The summed E-state index contributed by atoms with van der Waals surface area (Å²) in [5, 5.41) is 0. The summed E-state index contributed by atoms with van der Waals surface area (Å²) < 4.78 is 4.13. The van der Waals surface area contributed by atoms with Crippen LogP contribution < -0.4 is 0 Å². The van der Waals surface area contributed by atoms with E-state index in [0.717, 1.165) is 0 Å². The smallest absolute Gasteiger partial charge is 0.0654 e. The zero-order chi connectivity index (χ0) is 19.7. The van der Waals surface area contributed by atoms with Crippen molar-refractivity contribution in [1.82, 2.24) is 0 Å². The molecule has 0 aliphatic heterocycles. The van der Waals surface area contributed by atoms with Crippen molar-refractivity contribution in [1.29, 1.82) is 0 Å². The van der Waals surface area contributed by atoms with E-state index < -0.39 is 0 Å². The Labute approximate surface area is 184 Å². The van der Waals surface area contributed by atoms with Crippen molar-refractivity contribution in [3.05, 3.63) is 10.1 Å². The molecular weight excluding hydrogens is 434 g/mol. The third-order valence-corrected chi connectivity index (χ3v) is 8.42. The van der Waals surface area contributed by atoms with Gasteiger partial charge in [-0.1, -0.05) is 39.0 Å². The van der Waals surface area contributed by atoms with Crippen molar-refractivity contribution >= 4 is 21.6 Å². The molecule has 0 rings (SSSR count). The zero-order valence-electron chi connectivity index (χ0n) is 19.2. The molecule has 0 heterocycles. The van der Waals surface area contributed by atoms with E-state index in [9.17, 15) is 0 Å². The number of allylic oxidation sites excluding steroid dienone is 1. The first-order valence-electron chi connectivity index (χ1n) is 12.7. The number of hydrogen-bond donors (Lipinski definition) is 0. The minimum absolute atomic E-state index is 0.0318. The SMILES string of the molecule is CCCCCCC=[CH][Sb][CH2]CCCCCCCCCCCCCCCCC. The molecule has 27 heavy (non-hydrogen) atoms. The predicted octanol–water partition coefficient (Wildman–Crippen LogP) is 9.85. The molecule has 0 aromatic heterocycles. The molecule has 0 aliphatic carbocycles. The van der Waals surface area contributed by atoms with E-state index in [1.54, 1.807) is 4.37 Å². The van der Waals surface area contributed by atoms with Gasteiger partial charge in [0, 0.05) is 0 Å². The topological polar surface area (TPSA) is 0 Å². The number of hydrogen-bond acceptors (Lipinski definition) is 0. The monoisotopic (exact) mass is 485 g/mol. The van der Waals surface area contributed by atoms with Crippen LogP contribution in [-0.2, 0) is 0 Å². The Morgan fingerprint density at radius 3 is 1.26 bits per heavy atom. The van der Waals surface area contributed by atoms with Gasteiger partial charge >= 0.3 is 146 Å². The fourth-order valence-corrected chi connectivity index (χ4v) is 6.10. The predicted molar refractivity (Wildman–Crippen MR) is 128 cm³/mol. The quantitative estimate of drug-likeness (QED) is 0.0996. The Bertz CT molecular complexity index is 271. The van der Waals surface area contributed by atoms with Gasteiger partial charge in [0.05, 0.1) is 0 Å². The molecule has 0 N–H and O–H groups in total. The van der Waals surface area contributed by atoms with Crippen LogP contribution >= 0.6 is 0 Å². The van der Waals surface area contributed by atoms with Crippen molar-refractivity contribution in [3.63, 3.8) is 0 Å². The molecule has 0 aromatic carbocycles. The van der Waals surface area contributed by atoms with E-state index in [1.165, 1.54) is 135 Å². The van der Waals surface area contributed by atoms with Gasteiger partial charge in [0.15, 0.2) is 0 Å². The molecule has 0 unspecified atom stereocenters. The van der Waals surface area contributed by atoms with Gasteiger partial charge in [-0.15, -0.1) is 0 Å². The van der Waals surface area contributed by atoms with Crippen molar-refractivity contribution in [3.8, 4) is 0 Å². The molecular formula is C26H52Sb. The minimum Gasteiger partial charge on any atom is -0.0654 e. The fraction of sp³-hybridized carbons (Fsp3) is 0.923. The van der Waals surface area contributed by atoms with Crippen LogP contribution in [0.2, 0.25) is 4.37 Å². The summed E-state index contributed by atoms with van der Waals surface area (Å²) >= 11 is 0.0318. The Morgan fingerprint density at radius 1 is 0.444 bits per heavy atom. The van der Waals surface area contributed by atoms with Crippen LogP contribution in [0.4, 0.5) is 0 Å². The van der Waals surface area contributed by atoms with Gasteiger partial charge in [-0.25, -0.2) is 0 Å². The van der Waals surface area contributed by atoms with Crippen LogP contribution in [0.1, 0.15) is 149 Å². The van der Waals surface area contributed by atoms with Gasteiger partial charge in [0.25, 0.3) is 0 Å². The Hall–Kier alpha value is 0.558. The molecule has 0 spiro atoms. The Balaban J connectivity index is 3.02. The van der Waals surface area contributed by atoms with Gasteiger partial charge in [0.1, 0.15) is 0 Å². The molecule has 0 atom stereocenters. The first kappa shape index (κ1) is 27.6. The van der Waals surface area contributed by atoms with Gasteiger partial charge in [0.2, 0.25) is 0 Å². The van der Waals surface area contributed by atoms with Crippen molar-refractivity contribution in [2.24, 2.45) is 0 Å². The van der Waals surface area contributed by atoms with Gasteiger partial charge in [-0.2, -0.15) is 0 Å². The molecule has 0 saturated heterocycles. The average molecular weight is 486 g/mol. The van der Waals surface area contributed by atoms with E-state index in [1.807, 2.05) is 0 Å². The summed E-state index contributed by atoms with van der Waals surface area (Å²) in [6, 6.07) is 0. The summed E-state index contributed by atoms with van der Waals surface area (Å²) in [4.78, 5) is 0. The van der Waals surface area contributed by atoms with E-state index in [-0.39, 0.29) is 21.6 Å². The van der Waals surface area contributed by atoms with E-state index in [4.69, 9.17) is 0 Å². The van der Waals surface area contributed by atoms with E-state index in [2.05, 4.69) is 23.9 Å². The summed E-state index contributed by atoms with van der Waals surface area (Å²) in [6.45, 7) is 4.60. The van der Waals surface area contributed by atoms with Crippen LogP contribution in [0, 0.1) is 0 Å². The molecule has 161 valence electrons. The second-order valence-electron chi connectivity index (χ2n) is 8.44. The van der Waals surface area contributed by atoms with Crippen LogP contribution in [0.5, 0.6) is 0 Å².